The third-order valence-electron chi connectivity index (χ3n) is 4.52. The number of unbranched alkanes of at least 4 members (excludes halogenated alkanes) is 1. The quantitative estimate of drug-likeness (QED) is 0.319. The van der Waals surface area contributed by atoms with Gasteiger partial charge in [-0.3, -0.25) is 9.78 Å². The molecule has 6 nitrogen and oxygen atoms in total. The minimum atomic E-state index is -0.819. The number of carboxylic acids is 1. The van der Waals surface area contributed by atoms with Crippen molar-refractivity contribution < 1.29 is 14.7 Å². The van der Waals surface area contributed by atoms with Crippen LogP contribution in [0.25, 0.3) is 5.57 Å². The number of rotatable bonds is 8. The molecule has 0 radical (unpaired) electrons. The first-order chi connectivity index (χ1) is 15.4. The first kappa shape index (κ1) is 23.3. The number of carbonyl (C=O) groups excluding carboxylic acids is 1. The number of aliphatic carboxylic acids is 1. The van der Waals surface area contributed by atoms with Gasteiger partial charge in [-0.25, -0.2) is 4.79 Å². The van der Waals surface area contributed by atoms with E-state index in [0.717, 1.165) is 16.7 Å². The van der Waals surface area contributed by atoms with Gasteiger partial charge in [-0.1, -0.05) is 47.5 Å². The molecule has 0 atom stereocenters. The molecule has 1 heterocycles. The molecule has 0 spiro atoms. The molecule has 3 rings (SSSR count). The molecule has 0 saturated carbocycles. The van der Waals surface area contributed by atoms with Crippen molar-refractivity contribution in [1.29, 1.82) is 0 Å². The summed E-state index contributed by atoms with van der Waals surface area (Å²) in [6.45, 7) is 0. The predicted octanol–water partition coefficient (Wildman–Crippen LogP) is 6.72. The van der Waals surface area contributed by atoms with E-state index >= 15 is 0 Å². The number of hydrogen-bond acceptors (Lipinski definition) is 3. The van der Waals surface area contributed by atoms with Crippen LogP contribution in [0.2, 0.25) is 10.0 Å². The summed E-state index contributed by atoms with van der Waals surface area (Å²) in [6, 6.07) is 15.6. The molecular formula is C24H21Cl2N3O3. The van der Waals surface area contributed by atoms with E-state index in [-0.39, 0.29) is 6.42 Å². The van der Waals surface area contributed by atoms with Crippen LogP contribution in [0.5, 0.6) is 0 Å². The Hall–Kier alpha value is -3.35. The average molecular weight is 470 g/mol. The van der Waals surface area contributed by atoms with Crippen molar-refractivity contribution in [3.05, 3.63) is 94.2 Å². The van der Waals surface area contributed by atoms with Crippen molar-refractivity contribution in [1.82, 2.24) is 4.98 Å². The molecule has 2 amide bonds. The lowest BCUT2D eigenvalue weighted by Gasteiger charge is -2.12. The molecule has 0 fully saturated rings. The predicted molar refractivity (Wildman–Crippen MR) is 128 cm³/mol. The van der Waals surface area contributed by atoms with Crippen LogP contribution >= 0.6 is 23.2 Å². The lowest BCUT2D eigenvalue weighted by Crippen LogP contribution is -2.19. The summed E-state index contributed by atoms with van der Waals surface area (Å²) in [4.78, 5) is 27.4. The Balaban J connectivity index is 1.77. The topological polar surface area (TPSA) is 91.3 Å². The lowest BCUT2D eigenvalue weighted by molar-refractivity contribution is -0.137. The minimum absolute atomic E-state index is 0.104. The molecule has 3 aromatic rings. The van der Waals surface area contributed by atoms with E-state index in [4.69, 9.17) is 28.3 Å². The molecule has 3 N–H and O–H groups in total. The van der Waals surface area contributed by atoms with Gasteiger partial charge in [-0.05, 0) is 60.4 Å². The maximum absolute atomic E-state index is 12.4. The number of benzene rings is 2. The number of amides is 2. The fourth-order valence-corrected chi connectivity index (χ4v) is 3.35. The van der Waals surface area contributed by atoms with E-state index in [1.807, 2.05) is 36.4 Å². The summed E-state index contributed by atoms with van der Waals surface area (Å²) in [7, 11) is 0. The van der Waals surface area contributed by atoms with Crippen LogP contribution in [0.3, 0.4) is 0 Å². The number of aromatic nitrogens is 1. The highest BCUT2D eigenvalue weighted by Gasteiger charge is 2.09. The van der Waals surface area contributed by atoms with Gasteiger partial charge >= 0.3 is 12.0 Å². The van der Waals surface area contributed by atoms with Gasteiger partial charge < -0.3 is 15.7 Å². The van der Waals surface area contributed by atoms with Gasteiger partial charge in [0, 0.05) is 35.8 Å². The maximum Gasteiger partial charge on any atom is 0.323 e. The summed E-state index contributed by atoms with van der Waals surface area (Å²) < 4.78 is 0. The van der Waals surface area contributed by atoms with Crippen LogP contribution < -0.4 is 10.6 Å². The fourth-order valence-electron chi connectivity index (χ4n) is 3.06. The maximum atomic E-state index is 12.4. The van der Waals surface area contributed by atoms with Gasteiger partial charge in [0.1, 0.15) is 0 Å². The Morgan fingerprint density at radius 2 is 1.69 bits per heavy atom. The smallest absolute Gasteiger partial charge is 0.323 e. The van der Waals surface area contributed by atoms with Crippen molar-refractivity contribution in [2.45, 2.75) is 19.3 Å². The van der Waals surface area contributed by atoms with E-state index in [0.29, 0.717) is 34.3 Å². The van der Waals surface area contributed by atoms with Gasteiger partial charge in [0.15, 0.2) is 0 Å². The van der Waals surface area contributed by atoms with Crippen LogP contribution in [-0.4, -0.2) is 22.1 Å². The molecule has 0 aliphatic rings. The number of pyridine rings is 1. The largest absolute Gasteiger partial charge is 0.481 e. The molecule has 32 heavy (non-hydrogen) atoms. The number of anilines is 2. The summed E-state index contributed by atoms with van der Waals surface area (Å²) in [5.41, 5.74) is 3.81. The Labute approximate surface area is 195 Å². The van der Waals surface area contributed by atoms with Crippen LogP contribution in [0.15, 0.2) is 73.1 Å². The number of carboxylic acid groups (broad SMARTS) is 1. The monoisotopic (exact) mass is 469 g/mol. The Morgan fingerprint density at radius 1 is 0.938 bits per heavy atom. The Bertz CT molecular complexity index is 1130. The van der Waals surface area contributed by atoms with E-state index < -0.39 is 12.0 Å². The standard InChI is InChI=1S/C24H21Cl2N3O3/c25-21-11-10-19(14-22(21)26)29-24(32)28-18-7-3-5-16(13-18)20(8-1-2-9-23(30)31)17-6-4-12-27-15-17/h3-8,10-15H,1-2,9H2,(H,30,31)(H2,28,29,32)/b20-8-. The second-order valence-electron chi connectivity index (χ2n) is 6.93. The molecule has 1 aromatic heterocycles. The molecule has 8 heteroatoms. The second kappa shape index (κ2) is 11.3. The molecule has 0 aliphatic carbocycles. The number of nitrogens with zero attached hydrogens (tertiary/aromatic N) is 1. The molecule has 2 aromatic carbocycles. The number of halogens is 2. The van der Waals surface area contributed by atoms with E-state index in [1.54, 1.807) is 36.7 Å². The molecule has 0 aliphatic heterocycles. The van der Waals surface area contributed by atoms with Crippen molar-refractivity contribution in [3.63, 3.8) is 0 Å². The summed E-state index contributed by atoms with van der Waals surface area (Å²) >= 11 is 11.9. The summed E-state index contributed by atoms with van der Waals surface area (Å²) in [5.74, 6) is -0.819. The van der Waals surface area contributed by atoms with Crippen molar-refractivity contribution in [2.75, 3.05) is 10.6 Å². The van der Waals surface area contributed by atoms with E-state index in [2.05, 4.69) is 15.6 Å². The number of allylic oxidation sites excluding steroid dienone is 1. The number of hydrogen-bond donors (Lipinski definition) is 3. The lowest BCUT2D eigenvalue weighted by atomic mass is 9.97. The van der Waals surface area contributed by atoms with E-state index in [9.17, 15) is 9.59 Å². The zero-order valence-corrected chi connectivity index (χ0v) is 18.5. The normalized spacial score (nSPS) is 11.1. The Morgan fingerprint density at radius 3 is 2.38 bits per heavy atom. The van der Waals surface area contributed by atoms with E-state index in [1.165, 1.54) is 0 Å². The highest BCUT2D eigenvalue weighted by atomic mass is 35.5. The van der Waals surface area contributed by atoms with Crippen molar-refractivity contribution >= 4 is 52.2 Å². The number of urea groups is 1. The van der Waals surface area contributed by atoms with Crippen LogP contribution in [-0.2, 0) is 4.79 Å². The number of carbonyl (C=O) groups is 2. The van der Waals surface area contributed by atoms with Crippen LogP contribution in [0, 0.1) is 0 Å². The van der Waals surface area contributed by atoms with Crippen LogP contribution in [0.4, 0.5) is 16.2 Å². The minimum Gasteiger partial charge on any atom is -0.481 e. The SMILES string of the molecule is O=C(O)CCC/C=C(\c1cccnc1)c1cccc(NC(=O)Nc2ccc(Cl)c(Cl)c2)c1. The Kier molecular flexibility index (Phi) is 8.25. The first-order valence-corrected chi connectivity index (χ1v) is 10.6. The highest BCUT2D eigenvalue weighted by molar-refractivity contribution is 6.42. The van der Waals surface area contributed by atoms with Gasteiger partial charge in [0.2, 0.25) is 0 Å². The van der Waals surface area contributed by atoms with Gasteiger partial charge in [0.25, 0.3) is 0 Å². The molecule has 0 saturated heterocycles. The highest BCUT2D eigenvalue weighted by Crippen LogP contribution is 2.27. The zero-order valence-electron chi connectivity index (χ0n) is 17.0. The number of nitrogens with one attached hydrogen (secondary N) is 2. The third-order valence-corrected chi connectivity index (χ3v) is 5.26. The summed E-state index contributed by atoms with van der Waals surface area (Å²) in [5, 5.41) is 15.2. The molecule has 0 bridgehead atoms. The van der Waals surface area contributed by atoms with Crippen LogP contribution in [0.1, 0.15) is 30.4 Å². The third kappa shape index (κ3) is 6.83. The molecule has 0 unspecified atom stereocenters. The van der Waals surface area contributed by atoms with Gasteiger partial charge in [-0.15, -0.1) is 0 Å². The van der Waals surface area contributed by atoms with Crippen molar-refractivity contribution in [2.24, 2.45) is 0 Å². The summed E-state index contributed by atoms with van der Waals surface area (Å²) in [6.07, 6.45) is 6.67. The zero-order chi connectivity index (χ0) is 22.9. The first-order valence-electron chi connectivity index (χ1n) is 9.88. The van der Waals surface area contributed by atoms with Crippen molar-refractivity contribution in [3.8, 4) is 0 Å². The second-order valence-corrected chi connectivity index (χ2v) is 7.75. The molecule has 164 valence electrons. The average Bonchev–Trinajstić information content (AvgIpc) is 2.77. The van der Waals surface area contributed by atoms with Gasteiger partial charge in [0.05, 0.1) is 10.0 Å². The fraction of sp³-hybridized carbons (Fsp3) is 0.125. The molecular weight excluding hydrogens is 449 g/mol. The van der Waals surface area contributed by atoms with Gasteiger partial charge in [-0.2, -0.15) is 0 Å².